The second-order valence-electron chi connectivity index (χ2n) is 5.61. The van der Waals surface area contributed by atoms with Gasteiger partial charge in [0.1, 0.15) is 10.8 Å². The SMILES string of the molecule is Cn1nc(C(F)(F)F)c(C(CN)NC(=O)OC(C)(C)C)c1Cl. The Morgan fingerprint density at radius 2 is 2.00 bits per heavy atom. The van der Waals surface area contributed by atoms with Gasteiger partial charge in [0.25, 0.3) is 0 Å². The van der Waals surface area contributed by atoms with Gasteiger partial charge in [-0.2, -0.15) is 18.3 Å². The van der Waals surface area contributed by atoms with Crippen molar-refractivity contribution in [3.63, 3.8) is 0 Å². The average Bonchev–Trinajstić information content (AvgIpc) is 2.61. The van der Waals surface area contributed by atoms with Gasteiger partial charge in [0.05, 0.1) is 6.04 Å². The molecule has 1 aromatic heterocycles. The first-order valence-corrected chi connectivity index (χ1v) is 6.73. The summed E-state index contributed by atoms with van der Waals surface area (Å²) < 4.78 is 45.0. The van der Waals surface area contributed by atoms with E-state index in [1.807, 2.05) is 0 Å². The maximum atomic E-state index is 13.0. The second kappa shape index (κ2) is 6.33. The van der Waals surface area contributed by atoms with Crippen LogP contribution in [0.15, 0.2) is 0 Å². The summed E-state index contributed by atoms with van der Waals surface area (Å²) in [6, 6.07) is -1.17. The molecule has 1 aromatic rings. The van der Waals surface area contributed by atoms with Crippen molar-refractivity contribution in [2.45, 2.75) is 38.6 Å². The lowest BCUT2D eigenvalue weighted by Crippen LogP contribution is -2.38. The number of aromatic nitrogens is 2. The Kier molecular flexibility index (Phi) is 5.34. The predicted molar refractivity (Wildman–Crippen MR) is 74.4 cm³/mol. The highest BCUT2D eigenvalue weighted by atomic mass is 35.5. The van der Waals surface area contributed by atoms with Gasteiger partial charge in [0, 0.05) is 19.2 Å². The van der Waals surface area contributed by atoms with Gasteiger partial charge in [-0.25, -0.2) is 4.79 Å². The Morgan fingerprint density at radius 3 is 2.41 bits per heavy atom. The highest BCUT2D eigenvalue weighted by molar-refractivity contribution is 6.30. The van der Waals surface area contributed by atoms with Crippen molar-refractivity contribution in [3.8, 4) is 0 Å². The largest absolute Gasteiger partial charge is 0.444 e. The molecule has 0 aliphatic heterocycles. The first-order chi connectivity index (χ1) is 9.86. The molecule has 1 amide bonds. The summed E-state index contributed by atoms with van der Waals surface area (Å²) in [5, 5.41) is 5.38. The number of carbonyl (C=O) groups excluding carboxylic acids is 1. The fourth-order valence-electron chi connectivity index (χ4n) is 1.74. The summed E-state index contributed by atoms with van der Waals surface area (Å²) in [5.74, 6) is 0. The lowest BCUT2D eigenvalue weighted by molar-refractivity contribution is -0.142. The zero-order valence-corrected chi connectivity index (χ0v) is 13.3. The molecule has 0 fully saturated rings. The van der Waals surface area contributed by atoms with E-state index in [0.29, 0.717) is 0 Å². The minimum Gasteiger partial charge on any atom is -0.444 e. The molecule has 126 valence electrons. The molecule has 1 heterocycles. The van der Waals surface area contributed by atoms with Crippen molar-refractivity contribution in [1.29, 1.82) is 0 Å². The molecule has 1 unspecified atom stereocenters. The van der Waals surface area contributed by atoms with Crippen LogP contribution in [0.5, 0.6) is 0 Å². The van der Waals surface area contributed by atoms with Crippen LogP contribution in [0, 0.1) is 0 Å². The molecule has 0 aromatic carbocycles. The number of amides is 1. The van der Waals surface area contributed by atoms with Crippen molar-refractivity contribution in [3.05, 3.63) is 16.4 Å². The van der Waals surface area contributed by atoms with Crippen LogP contribution in [0.3, 0.4) is 0 Å². The number of nitrogens with zero attached hydrogens (tertiary/aromatic N) is 2. The molecule has 0 spiro atoms. The van der Waals surface area contributed by atoms with Gasteiger partial charge in [-0.3, -0.25) is 4.68 Å². The molecule has 0 radical (unpaired) electrons. The van der Waals surface area contributed by atoms with Gasteiger partial charge in [-0.1, -0.05) is 11.6 Å². The van der Waals surface area contributed by atoms with Crippen molar-refractivity contribution in [1.82, 2.24) is 15.1 Å². The molecule has 1 atom stereocenters. The molecular formula is C12H18ClF3N4O2. The fourth-order valence-corrected chi connectivity index (χ4v) is 2.00. The Hall–Kier alpha value is -1.48. The first kappa shape index (κ1) is 18.6. The number of alkyl carbamates (subject to hydrolysis) is 1. The van der Waals surface area contributed by atoms with E-state index in [-0.39, 0.29) is 17.3 Å². The topological polar surface area (TPSA) is 82.2 Å². The monoisotopic (exact) mass is 342 g/mol. The van der Waals surface area contributed by atoms with E-state index >= 15 is 0 Å². The van der Waals surface area contributed by atoms with E-state index in [1.165, 1.54) is 7.05 Å². The minimum atomic E-state index is -4.72. The number of carbonyl (C=O) groups is 1. The van der Waals surface area contributed by atoms with Crippen molar-refractivity contribution < 1.29 is 22.7 Å². The molecule has 0 saturated heterocycles. The zero-order chi connectivity index (χ0) is 17.3. The van der Waals surface area contributed by atoms with Gasteiger partial charge in [0.2, 0.25) is 0 Å². The fraction of sp³-hybridized carbons (Fsp3) is 0.667. The number of hydrogen-bond donors (Lipinski definition) is 2. The summed E-state index contributed by atoms with van der Waals surface area (Å²) in [4.78, 5) is 11.7. The molecular weight excluding hydrogens is 325 g/mol. The molecule has 1 rings (SSSR count). The van der Waals surface area contributed by atoms with Crippen LogP contribution in [0.1, 0.15) is 38.1 Å². The van der Waals surface area contributed by atoms with Crippen LogP contribution in [-0.2, 0) is 18.0 Å². The average molecular weight is 343 g/mol. The normalized spacial score (nSPS) is 13.9. The van der Waals surface area contributed by atoms with E-state index < -0.39 is 29.6 Å². The van der Waals surface area contributed by atoms with Crippen molar-refractivity contribution in [2.75, 3.05) is 6.54 Å². The molecule has 3 N–H and O–H groups in total. The number of halogens is 4. The second-order valence-corrected chi connectivity index (χ2v) is 5.97. The maximum Gasteiger partial charge on any atom is 0.435 e. The van der Waals surface area contributed by atoms with E-state index in [4.69, 9.17) is 22.1 Å². The number of hydrogen-bond acceptors (Lipinski definition) is 4. The van der Waals surface area contributed by atoms with Gasteiger partial charge in [0.15, 0.2) is 5.69 Å². The van der Waals surface area contributed by atoms with Crippen LogP contribution < -0.4 is 11.1 Å². The number of alkyl halides is 3. The highest BCUT2D eigenvalue weighted by Gasteiger charge is 2.41. The third kappa shape index (κ3) is 4.51. The third-order valence-electron chi connectivity index (χ3n) is 2.56. The van der Waals surface area contributed by atoms with E-state index in [2.05, 4.69) is 10.4 Å². The number of aryl methyl sites for hydroxylation is 1. The molecule has 0 aliphatic carbocycles. The van der Waals surface area contributed by atoms with E-state index in [1.54, 1.807) is 20.8 Å². The van der Waals surface area contributed by atoms with Gasteiger partial charge in [-0.05, 0) is 20.8 Å². The molecule has 6 nitrogen and oxygen atoms in total. The van der Waals surface area contributed by atoms with Crippen molar-refractivity contribution >= 4 is 17.7 Å². The third-order valence-corrected chi connectivity index (χ3v) is 3.00. The number of nitrogens with two attached hydrogens (primary N) is 1. The lowest BCUT2D eigenvalue weighted by atomic mass is 10.1. The standard InChI is InChI=1S/C12H18ClF3N4O2/c1-11(2,3)22-10(21)18-6(5-17)7-8(12(14,15)16)19-20(4)9(7)13/h6H,5,17H2,1-4H3,(H,18,21). The minimum absolute atomic E-state index is 0.251. The van der Waals surface area contributed by atoms with Crippen LogP contribution in [0.25, 0.3) is 0 Å². The lowest BCUT2D eigenvalue weighted by Gasteiger charge is -2.23. The Labute approximate surface area is 130 Å². The van der Waals surface area contributed by atoms with Gasteiger partial charge >= 0.3 is 12.3 Å². The summed E-state index contributed by atoms with van der Waals surface area (Å²) in [5.41, 5.74) is 3.10. The van der Waals surface area contributed by atoms with Crippen LogP contribution in [0.4, 0.5) is 18.0 Å². The summed E-state index contributed by atoms with van der Waals surface area (Å²) in [6.07, 6.45) is -5.61. The Morgan fingerprint density at radius 1 is 1.45 bits per heavy atom. The van der Waals surface area contributed by atoms with Gasteiger partial charge in [-0.15, -0.1) is 0 Å². The molecule has 10 heteroatoms. The van der Waals surface area contributed by atoms with E-state index in [9.17, 15) is 18.0 Å². The number of nitrogens with one attached hydrogen (secondary N) is 1. The number of ether oxygens (including phenoxy) is 1. The molecule has 0 bridgehead atoms. The Balaban J connectivity index is 3.13. The summed E-state index contributed by atoms with van der Waals surface area (Å²) in [7, 11) is 1.27. The van der Waals surface area contributed by atoms with Crippen LogP contribution in [0.2, 0.25) is 5.15 Å². The molecule has 22 heavy (non-hydrogen) atoms. The van der Waals surface area contributed by atoms with E-state index in [0.717, 1.165) is 4.68 Å². The Bertz CT molecular complexity index is 552. The number of rotatable bonds is 3. The quantitative estimate of drug-likeness (QED) is 0.884. The maximum absolute atomic E-state index is 13.0. The molecule has 0 saturated carbocycles. The van der Waals surface area contributed by atoms with Crippen LogP contribution in [-0.4, -0.2) is 28.0 Å². The highest BCUT2D eigenvalue weighted by Crippen LogP contribution is 2.37. The predicted octanol–water partition coefficient (Wildman–Crippen LogP) is 2.62. The smallest absolute Gasteiger partial charge is 0.435 e. The van der Waals surface area contributed by atoms with Gasteiger partial charge < -0.3 is 15.8 Å². The zero-order valence-electron chi connectivity index (χ0n) is 12.6. The van der Waals surface area contributed by atoms with Crippen LogP contribution >= 0.6 is 11.6 Å². The van der Waals surface area contributed by atoms with Crippen molar-refractivity contribution in [2.24, 2.45) is 12.8 Å². The summed E-state index contributed by atoms with van der Waals surface area (Å²) >= 11 is 5.86. The summed E-state index contributed by atoms with van der Waals surface area (Å²) in [6.45, 7) is 4.58. The first-order valence-electron chi connectivity index (χ1n) is 6.36. The molecule has 0 aliphatic rings.